The van der Waals surface area contributed by atoms with E-state index in [4.69, 9.17) is 16.3 Å². The third-order valence-corrected chi connectivity index (χ3v) is 5.48. The van der Waals surface area contributed by atoms with Crippen molar-refractivity contribution in [3.63, 3.8) is 0 Å². The number of hydrogen-bond acceptors (Lipinski definition) is 4. The monoisotopic (exact) mass is 552 g/mol. The van der Waals surface area contributed by atoms with Gasteiger partial charge in [-0.05, 0) is 58.8 Å². The van der Waals surface area contributed by atoms with Gasteiger partial charge in [0.2, 0.25) is 0 Å². The molecule has 154 valence electrons. The van der Waals surface area contributed by atoms with Crippen molar-refractivity contribution in [2.45, 2.75) is 6.92 Å². The van der Waals surface area contributed by atoms with Crippen LogP contribution in [-0.2, 0) is 9.59 Å². The number of ether oxygens (including phenoxy) is 1. The van der Waals surface area contributed by atoms with Gasteiger partial charge in [0.1, 0.15) is 17.9 Å². The topological polar surface area (TPSA) is 75.7 Å². The second kappa shape index (κ2) is 9.16. The lowest BCUT2D eigenvalue weighted by Crippen LogP contribution is -2.54. The van der Waals surface area contributed by atoms with Gasteiger partial charge in [-0.2, -0.15) is 0 Å². The second-order valence-electron chi connectivity index (χ2n) is 6.29. The van der Waals surface area contributed by atoms with Gasteiger partial charge in [0.15, 0.2) is 0 Å². The van der Waals surface area contributed by atoms with Crippen molar-refractivity contribution in [1.82, 2.24) is 5.32 Å². The lowest BCUT2D eigenvalue weighted by molar-refractivity contribution is -0.122. The molecule has 2 aromatic rings. The maximum absolute atomic E-state index is 13.2. The summed E-state index contributed by atoms with van der Waals surface area (Å²) in [6.45, 7) is 5.58. The number of benzene rings is 2. The molecule has 1 N–H and O–H groups in total. The Morgan fingerprint density at radius 3 is 2.63 bits per heavy atom. The van der Waals surface area contributed by atoms with Crippen LogP contribution < -0.4 is 15.0 Å². The molecular formula is C21H15Br2ClN2O4. The summed E-state index contributed by atoms with van der Waals surface area (Å²) in [6, 6.07) is 7.46. The van der Waals surface area contributed by atoms with Crippen molar-refractivity contribution < 1.29 is 19.1 Å². The SMILES string of the molecule is C=CCOc1c(Br)cc(Br)cc1/C=C1\C(=O)NC(=O)N(c2cc(Cl)ccc2C)C1=O. The van der Waals surface area contributed by atoms with Crippen LogP contribution in [0.15, 0.2) is 57.5 Å². The Morgan fingerprint density at radius 2 is 1.93 bits per heavy atom. The molecule has 1 aliphatic rings. The maximum atomic E-state index is 13.2. The van der Waals surface area contributed by atoms with Crippen LogP contribution in [0, 0.1) is 6.92 Å². The van der Waals surface area contributed by atoms with E-state index in [9.17, 15) is 14.4 Å². The summed E-state index contributed by atoms with van der Waals surface area (Å²) >= 11 is 12.8. The zero-order chi connectivity index (χ0) is 22.0. The van der Waals surface area contributed by atoms with E-state index in [2.05, 4.69) is 43.8 Å². The number of halogens is 3. The molecule has 3 rings (SSSR count). The highest BCUT2D eigenvalue weighted by atomic mass is 79.9. The summed E-state index contributed by atoms with van der Waals surface area (Å²) in [5.74, 6) is -1.14. The highest BCUT2D eigenvalue weighted by Gasteiger charge is 2.37. The average molecular weight is 555 g/mol. The van der Waals surface area contributed by atoms with E-state index in [1.165, 1.54) is 12.1 Å². The third kappa shape index (κ3) is 4.50. The number of carbonyl (C=O) groups is 3. The minimum absolute atomic E-state index is 0.220. The zero-order valence-electron chi connectivity index (χ0n) is 15.7. The molecule has 0 atom stereocenters. The Bertz CT molecular complexity index is 1110. The van der Waals surface area contributed by atoms with Crippen molar-refractivity contribution in [2.75, 3.05) is 11.5 Å². The molecule has 9 heteroatoms. The lowest BCUT2D eigenvalue weighted by Gasteiger charge is -2.27. The number of urea groups is 1. The number of carbonyl (C=O) groups excluding carboxylic acids is 3. The zero-order valence-corrected chi connectivity index (χ0v) is 19.6. The predicted octanol–water partition coefficient (Wildman–Crippen LogP) is 5.40. The van der Waals surface area contributed by atoms with Crippen molar-refractivity contribution in [2.24, 2.45) is 0 Å². The smallest absolute Gasteiger partial charge is 0.335 e. The summed E-state index contributed by atoms with van der Waals surface area (Å²) in [5, 5.41) is 2.56. The molecule has 0 radical (unpaired) electrons. The molecular weight excluding hydrogens is 540 g/mol. The molecule has 1 heterocycles. The highest BCUT2D eigenvalue weighted by Crippen LogP contribution is 2.35. The molecule has 0 saturated carbocycles. The van der Waals surface area contributed by atoms with Gasteiger partial charge in [-0.15, -0.1) is 0 Å². The molecule has 0 aromatic heterocycles. The van der Waals surface area contributed by atoms with E-state index >= 15 is 0 Å². The molecule has 1 fully saturated rings. The van der Waals surface area contributed by atoms with E-state index in [1.54, 1.807) is 37.3 Å². The first kappa shape index (κ1) is 22.3. The van der Waals surface area contributed by atoms with Crippen molar-refractivity contribution in [3.8, 4) is 5.75 Å². The van der Waals surface area contributed by atoms with Crippen molar-refractivity contribution in [3.05, 3.63) is 73.7 Å². The van der Waals surface area contributed by atoms with E-state index in [-0.39, 0.29) is 12.2 Å². The van der Waals surface area contributed by atoms with Gasteiger partial charge in [0.25, 0.3) is 11.8 Å². The molecule has 4 amide bonds. The molecule has 0 unspecified atom stereocenters. The predicted molar refractivity (Wildman–Crippen MR) is 123 cm³/mol. The van der Waals surface area contributed by atoms with Crippen LogP contribution in [0.5, 0.6) is 5.75 Å². The molecule has 6 nitrogen and oxygen atoms in total. The van der Waals surface area contributed by atoms with Crippen LogP contribution >= 0.6 is 43.5 Å². The number of rotatable bonds is 5. The van der Waals surface area contributed by atoms with Gasteiger partial charge < -0.3 is 4.74 Å². The van der Waals surface area contributed by atoms with Gasteiger partial charge in [-0.25, -0.2) is 9.69 Å². The van der Waals surface area contributed by atoms with Crippen LogP contribution in [0.4, 0.5) is 10.5 Å². The van der Waals surface area contributed by atoms with E-state index in [1.807, 2.05) is 0 Å². The number of barbiturate groups is 1. The molecule has 0 spiro atoms. The fourth-order valence-electron chi connectivity index (χ4n) is 2.84. The number of aryl methyl sites for hydroxylation is 1. The Kier molecular flexibility index (Phi) is 6.80. The number of hydrogen-bond donors (Lipinski definition) is 1. The first-order chi connectivity index (χ1) is 14.2. The minimum atomic E-state index is -0.842. The summed E-state index contributed by atoms with van der Waals surface area (Å²) in [5.41, 5.74) is 1.19. The van der Waals surface area contributed by atoms with Crippen LogP contribution in [0.2, 0.25) is 5.02 Å². The Hall–Kier alpha value is -2.42. The minimum Gasteiger partial charge on any atom is -0.488 e. The normalized spacial score (nSPS) is 15.4. The van der Waals surface area contributed by atoms with Crippen molar-refractivity contribution >= 4 is 73.1 Å². The first-order valence-electron chi connectivity index (χ1n) is 8.63. The Labute approximate surface area is 194 Å². The van der Waals surface area contributed by atoms with Gasteiger partial charge in [0.05, 0.1) is 10.2 Å². The summed E-state index contributed by atoms with van der Waals surface area (Å²) < 4.78 is 7.00. The quantitative estimate of drug-likeness (QED) is 0.305. The van der Waals surface area contributed by atoms with Gasteiger partial charge in [-0.3, -0.25) is 14.9 Å². The molecule has 1 saturated heterocycles. The second-order valence-corrected chi connectivity index (χ2v) is 8.50. The largest absolute Gasteiger partial charge is 0.488 e. The maximum Gasteiger partial charge on any atom is 0.335 e. The standard InChI is InChI=1S/C21H15Br2ClN2O4/c1-3-6-30-18-12(7-13(22)9-16(18)23)8-15-19(27)25-21(29)26(20(15)28)17-10-14(24)5-4-11(17)2/h3-5,7-10H,1,6H2,2H3,(H,25,27,29)/b15-8+. The fraction of sp³-hybridized carbons (Fsp3) is 0.0952. The molecule has 0 bridgehead atoms. The molecule has 30 heavy (non-hydrogen) atoms. The highest BCUT2D eigenvalue weighted by molar-refractivity contribution is 9.11. The number of nitrogens with zero attached hydrogens (tertiary/aromatic N) is 1. The number of nitrogens with one attached hydrogen (secondary N) is 1. The van der Waals surface area contributed by atoms with E-state index in [0.717, 1.165) is 4.90 Å². The first-order valence-corrected chi connectivity index (χ1v) is 10.6. The fourth-order valence-corrected chi connectivity index (χ4v) is 4.38. The molecule has 0 aliphatic carbocycles. The summed E-state index contributed by atoms with van der Waals surface area (Å²) in [6.07, 6.45) is 2.96. The number of anilines is 1. The molecule has 1 aliphatic heterocycles. The van der Waals surface area contributed by atoms with Gasteiger partial charge >= 0.3 is 6.03 Å². The third-order valence-electron chi connectivity index (χ3n) is 4.20. The van der Waals surface area contributed by atoms with Crippen LogP contribution in [0.25, 0.3) is 6.08 Å². The van der Waals surface area contributed by atoms with Gasteiger partial charge in [0, 0.05) is 15.1 Å². The van der Waals surface area contributed by atoms with Crippen LogP contribution in [-0.4, -0.2) is 24.5 Å². The molecule has 2 aromatic carbocycles. The van der Waals surface area contributed by atoms with Crippen molar-refractivity contribution in [1.29, 1.82) is 0 Å². The van der Waals surface area contributed by atoms with Gasteiger partial charge in [-0.1, -0.05) is 46.3 Å². The van der Waals surface area contributed by atoms with E-state index in [0.29, 0.717) is 36.5 Å². The Balaban J connectivity index is 2.12. The van der Waals surface area contributed by atoms with Crippen LogP contribution in [0.1, 0.15) is 11.1 Å². The Morgan fingerprint density at radius 1 is 1.20 bits per heavy atom. The average Bonchev–Trinajstić information content (AvgIpc) is 2.67. The lowest BCUT2D eigenvalue weighted by atomic mass is 10.0. The number of imide groups is 2. The summed E-state index contributed by atoms with van der Waals surface area (Å²) in [4.78, 5) is 39.0. The van der Waals surface area contributed by atoms with E-state index < -0.39 is 17.8 Å². The summed E-state index contributed by atoms with van der Waals surface area (Å²) in [7, 11) is 0. The number of amides is 4. The van der Waals surface area contributed by atoms with Crippen LogP contribution in [0.3, 0.4) is 0 Å².